The van der Waals surface area contributed by atoms with Crippen molar-refractivity contribution in [2.45, 2.75) is 24.7 Å². The van der Waals surface area contributed by atoms with Gasteiger partial charge in [-0.15, -0.1) is 0 Å². The number of rotatable bonds is 5. The van der Waals surface area contributed by atoms with Gasteiger partial charge in [0.2, 0.25) is 5.91 Å². The van der Waals surface area contributed by atoms with Gasteiger partial charge in [0, 0.05) is 12.1 Å². The van der Waals surface area contributed by atoms with Gasteiger partial charge in [-0.2, -0.15) is 0 Å². The Morgan fingerprint density at radius 3 is 2.29 bits per heavy atom. The summed E-state index contributed by atoms with van der Waals surface area (Å²) >= 11 is 6.12. The minimum atomic E-state index is -0.473. The number of carbonyl (C=O) groups is 1. The summed E-state index contributed by atoms with van der Waals surface area (Å²) in [7, 11) is 3.08. The summed E-state index contributed by atoms with van der Waals surface area (Å²) in [6.45, 7) is 0. The zero-order chi connectivity index (χ0) is 17.2. The molecule has 0 saturated heterocycles. The van der Waals surface area contributed by atoms with Gasteiger partial charge in [0.05, 0.1) is 30.3 Å². The molecule has 0 unspecified atom stereocenters. The zero-order valence-electron chi connectivity index (χ0n) is 13.8. The van der Waals surface area contributed by atoms with Gasteiger partial charge in [0.1, 0.15) is 11.5 Å². The van der Waals surface area contributed by atoms with E-state index in [-0.39, 0.29) is 5.91 Å². The molecule has 1 fully saturated rings. The Balaban J connectivity index is 1.92. The number of carbonyl (C=O) groups excluding carboxylic acids is 1. The summed E-state index contributed by atoms with van der Waals surface area (Å²) in [5.74, 6) is 0.981. The highest BCUT2D eigenvalue weighted by Gasteiger charge is 2.45. The van der Waals surface area contributed by atoms with E-state index in [1.807, 2.05) is 30.3 Å². The molecule has 0 heterocycles. The van der Waals surface area contributed by atoms with Crippen LogP contribution in [0.15, 0.2) is 42.5 Å². The Morgan fingerprint density at radius 1 is 1.08 bits per heavy atom. The molecule has 0 radical (unpaired) electrons. The van der Waals surface area contributed by atoms with Crippen molar-refractivity contribution in [1.29, 1.82) is 0 Å². The van der Waals surface area contributed by atoms with Gasteiger partial charge in [0.15, 0.2) is 0 Å². The Kier molecular flexibility index (Phi) is 4.67. The molecule has 0 bridgehead atoms. The SMILES string of the molecule is COc1cc(NC(=O)C2(c3ccccc3)CCC2)c(OC)cc1Cl. The van der Waals surface area contributed by atoms with Gasteiger partial charge in [-0.05, 0) is 18.4 Å². The summed E-state index contributed by atoms with van der Waals surface area (Å²) in [6, 6.07) is 13.3. The highest BCUT2D eigenvalue weighted by atomic mass is 35.5. The molecule has 0 aliphatic heterocycles. The summed E-state index contributed by atoms with van der Waals surface area (Å²) in [5.41, 5.74) is 1.14. The third-order valence-corrected chi connectivity index (χ3v) is 4.99. The molecule has 4 nitrogen and oxygen atoms in total. The van der Waals surface area contributed by atoms with Crippen LogP contribution in [0.1, 0.15) is 24.8 Å². The molecule has 5 heteroatoms. The topological polar surface area (TPSA) is 47.6 Å². The minimum Gasteiger partial charge on any atom is -0.495 e. The normalized spacial score (nSPS) is 15.3. The number of benzene rings is 2. The lowest BCUT2D eigenvalue weighted by Crippen LogP contribution is -2.46. The number of hydrogen-bond donors (Lipinski definition) is 1. The van der Waals surface area contributed by atoms with Crippen LogP contribution in [0, 0.1) is 0 Å². The second kappa shape index (κ2) is 6.73. The van der Waals surface area contributed by atoms with E-state index in [4.69, 9.17) is 21.1 Å². The molecule has 1 aliphatic carbocycles. The molecular formula is C19H20ClNO3. The van der Waals surface area contributed by atoms with Gasteiger partial charge in [0.25, 0.3) is 0 Å². The second-order valence-electron chi connectivity index (χ2n) is 5.94. The van der Waals surface area contributed by atoms with Gasteiger partial charge >= 0.3 is 0 Å². The van der Waals surface area contributed by atoms with Crippen LogP contribution in [0.25, 0.3) is 0 Å². The molecule has 1 amide bonds. The standard InChI is InChI=1S/C19H20ClNO3/c1-23-16-12-15(17(24-2)11-14(16)20)21-18(22)19(9-6-10-19)13-7-4-3-5-8-13/h3-5,7-8,11-12H,6,9-10H2,1-2H3,(H,21,22). The molecule has 126 valence electrons. The quantitative estimate of drug-likeness (QED) is 0.872. The van der Waals surface area contributed by atoms with Crippen molar-refractivity contribution in [3.63, 3.8) is 0 Å². The molecule has 1 aliphatic rings. The average molecular weight is 346 g/mol. The lowest BCUT2D eigenvalue weighted by Gasteiger charge is -2.40. The number of methoxy groups -OCH3 is 2. The lowest BCUT2D eigenvalue weighted by molar-refractivity contribution is -0.124. The Hall–Kier alpha value is -2.20. The van der Waals surface area contributed by atoms with Crippen molar-refractivity contribution in [2.75, 3.05) is 19.5 Å². The molecule has 24 heavy (non-hydrogen) atoms. The van der Waals surface area contributed by atoms with E-state index < -0.39 is 5.41 Å². The van der Waals surface area contributed by atoms with Gasteiger partial charge in [-0.3, -0.25) is 4.79 Å². The monoisotopic (exact) mass is 345 g/mol. The highest BCUT2D eigenvalue weighted by molar-refractivity contribution is 6.32. The number of amides is 1. The van der Waals surface area contributed by atoms with E-state index in [1.54, 1.807) is 19.2 Å². The van der Waals surface area contributed by atoms with Crippen molar-refractivity contribution in [2.24, 2.45) is 0 Å². The first kappa shape index (κ1) is 16.7. The molecule has 0 atom stereocenters. The smallest absolute Gasteiger partial charge is 0.235 e. The minimum absolute atomic E-state index is 0.0253. The number of anilines is 1. The zero-order valence-corrected chi connectivity index (χ0v) is 14.5. The molecule has 3 rings (SSSR count). The van der Waals surface area contributed by atoms with Gasteiger partial charge in [-0.25, -0.2) is 0 Å². The van der Waals surface area contributed by atoms with E-state index in [1.165, 1.54) is 7.11 Å². The third-order valence-electron chi connectivity index (χ3n) is 4.69. The average Bonchev–Trinajstić information content (AvgIpc) is 2.56. The lowest BCUT2D eigenvalue weighted by atomic mass is 9.64. The molecule has 2 aromatic carbocycles. The maximum absolute atomic E-state index is 13.0. The Labute approximate surface area is 146 Å². The maximum Gasteiger partial charge on any atom is 0.235 e. The van der Waals surface area contributed by atoms with Crippen molar-refractivity contribution in [3.05, 3.63) is 53.1 Å². The highest BCUT2D eigenvalue weighted by Crippen LogP contribution is 2.45. The predicted molar refractivity (Wildman–Crippen MR) is 95.2 cm³/mol. The summed E-state index contributed by atoms with van der Waals surface area (Å²) in [6.07, 6.45) is 2.73. The van der Waals surface area contributed by atoms with Crippen LogP contribution < -0.4 is 14.8 Å². The summed E-state index contributed by atoms with van der Waals surface area (Å²) in [4.78, 5) is 13.0. The first-order valence-corrected chi connectivity index (χ1v) is 8.27. The van der Waals surface area contributed by atoms with E-state index >= 15 is 0 Å². The Bertz CT molecular complexity index is 742. The number of hydrogen-bond acceptors (Lipinski definition) is 3. The van der Waals surface area contributed by atoms with Crippen LogP contribution in [-0.2, 0) is 10.2 Å². The molecular weight excluding hydrogens is 326 g/mol. The van der Waals surface area contributed by atoms with Crippen molar-refractivity contribution < 1.29 is 14.3 Å². The molecule has 0 spiro atoms. The van der Waals surface area contributed by atoms with Crippen LogP contribution in [0.2, 0.25) is 5.02 Å². The number of nitrogens with one attached hydrogen (secondary N) is 1. The summed E-state index contributed by atoms with van der Waals surface area (Å²) < 4.78 is 10.6. The molecule has 2 aromatic rings. The van der Waals surface area contributed by atoms with Crippen molar-refractivity contribution in [3.8, 4) is 11.5 Å². The fourth-order valence-corrected chi connectivity index (χ4v) is 3.37. The third kappa shape index (κ3) is 2.82. The maximum atomic E-state index is 13.0. The van der Waals surface area contributed by atoms with E-state index in [9.17, 15) is 4.79 Å². The first-order valence-electron chi connectivity index (χ1n) is 7.89. The van der Waals surface area contributed by atoms with Crippen molar-refractivity contribution in [1.82, 2.24) is 0 Å². The van der Waals surface area contributed by atoms with Crippen molar-refractivity contribution >= 4 is 23.2 Å². The second-order valence-corrected chi connectivity index (χ2v) is 6.35. The van der Waals surface area contributed by atoms with Crippen LogP contribution >= 0.6 is 11.6 Å². The molecule has 0 aromatic heterocycles. The fourth-order valence-electron chi connectivity index (χ4n) is 3.13. The number of halogens is 1. The molecule has 1 saturated carbocycles. The van der Waals surface area contributed by atoms with E-state index in [2.05, 4.69) is 5.32 Å². The predicted octanol–water partition coefficient (Wildman–Crippen LogP) is 4.42. The van der Waals surface area contributed by atoms with Crippen LogP contribution in [-0.4, -0.2) is 20.1 Å². The Morgan fingerprint density at radius 2 is 1.75 bits per heavy atom. The largest absolute Gasteiger partial charge is 0.495 e. The number of ether oxygens (including phenoxy) is 2. The van der Waals surface area contributed by atoms with Crippen LogP contribution in [0.5, 0.6) is 11.5 Å². The first-order chi connectivity index (χ1) is 11.6. The fraction of sp³-hybridized carbons (Fsp3) is 0.316. The van der Waals surface area contributed by atoms with E-state index in [0.717, 1.165) is 24.8 Å². The van der Waals surface area contributed by atoms with Gasteiger partial charge in [-0.1, -0.05) is 48.4 Å². The van der Waals surface area contributed by atoms with Crippen LogP contribution in [0.4, 0.5) is 5.69 Å². The van der Waals surface area contributed by atoms with Gasteiger partial charge < -0.3 is 14.8 Å². The van der Waals surface area contributed by atoms with E-state index in [0.29, 0.717) is 22.2 Å². The summed E-state index contributed by atoms with van der Waals surface area (Å²) in [5, 5.41) is 3.44. The van der Waals surface area contributed by atoms with Crippen LogP contribution in [0.3, 0.4) is 0 Å². The molecule has 1 N–H and O–H groups in total.